The summed E-state index contributed by atoms with van der Waals surface area (Å²) in [6.45, 7) is 1.88. The lowest BCUT2D eigenvalue weighted by Crippen LogP contribution is -2.42. The third-order valence-electron chi connectivity index (χ3n) is 5.97. The summed E-state index contributed by atoms with van der Waals surface area (Å²) in [6.07, 6.45) is 16.7. The molecule has 0 aromatic carbocycles. The first-order chi connectivity index (χ1) is 17.9. The SMILES string of the molecule is CCCCCCCC/C=C\CCCCCCC(CC(O)CO)C(=O)O.O=C(O)CC(O)(CC(=O)O)C(=O)O. The van der Waals surface area contributed by atoms with Gasteiger partial charge in [0.05, 0.1) is 31.5 Å². The number of carboxylic acid groups (broad SMARTS) is 4. The quantitative estimate of drug-likeness (QED) is 0.0720. The van der Waals surface area contributed by atoms with Gasteiger partial charge in [0.1, 0.15) is 0 Å². The van der Waals surface area contributed by atoms with Gasteiger partial charge in [-0.25, -0.2) is 4.79 Å². The van der Waals surface area contributed by atoms with Gasteiger partial charge in [-0.1, -0.05) is 70.4 Å². The van der Waals surface area contributed by atoms with Crippen LogP contribution in [-0.4, -0.2) is 77.9 Å². The zero-order chi connectivity index (χ0) is 29.4. The van der Waals surface area contributed by atoms with Crippen molar-refractivity contribution >= 4 is 23.9 Å². The van der Waals surface area contributed by atoms with Crippen LogP contribution in [0.5, 0.6) is 0 Å². The van der Waals surface area contributed by atoms with Gasteiger partial charge in [0.25, 0.3) is 0 Å². The molecule has 0 aromatic rings. The van der Waals surface area contributed by atoms with Gasteiger partial charge in [-0.2, -0.15) is 0 Å². The molecular weight excluding hydrogens is 500 g/mol. The first-order valence-electron chi connectivity index (χ1n) is 13.5. The molecule has 0 rings (SSSR count). The van der Waals surface area contributed by atoms with Crippen LogP contribution in [0.4, 0.5) is 0 Å². The van der Waals surface area contributed by atoms with Crippen molar-refractivity contribution in [3.63, 3.8) is 0 Å². The monoisotopic (exact) mass is 548 g/mol. The fourth-order valence-electron chi connectivity index (χ4n) is 3.74. The molecule has 0 amide bonds. The molecule has 0 aliphatic carbocycles. The maximum absolute atomic E-state index is 11.1. The Hall–Kier alpha value is -2.50. The van der Waals surface area contributed by atoms with E-state index in [9.17, 15) is 24.3 Å². The lowest BCUT2D eigenvalue weighted by atomic mass is 9.95. The molecule has 0 heterocycles. The molecule has 2 unspecified atom stereocenters. The Bertz CT molecular complexity index is 675. The Balaban J connectivity index is 0. The van der Waals surface area contributed by atoms with Crippen LogP contribution in [0.3, 0.4) is 0 Å². The maximum atomic E-state index is 11.1. The zero-order valence-corrected chi connectivity index (χ0v) is 22.6. The van der Waals surface area contributed by atoms with E-state index in [0.717, 1.165) is 32.1 Å². The zero-order valence-electron chi connectivity index (χ0n) is 22.6. The fourth-order valence-corrected chi connectivity index (χ4v) is 3.74. The molecule has 222 valence electrons. The van der Waals surface area contributed by atoms with Crippen LogP contribution in [0.1, 0.15) is 110 Å². The number of aliphatic hydroxyl groups is 3. The number of rotatable bonds is 23. The van der Waals surface area contributed by atoms with Crippen molar-refractivity contribution < 1.29 is 54.9 Å². The number of carbonyl (C=O) groups is 4. The van der Waals surface area contributed by atoms with E-state index in [1.54, 1.807) is 0 Å². The van der Waals surface area contributed by atoms with Crippen molar-refractivity contribution in [3.8, 4) is 0 Å². The van der Waals surface area contributed by atoms with E-state index in [1.165, 1.54) is 44.9 Å². The molecule has 11 nitrogen and oxygen atoms in total. The highest BCUT2D eigenvalue weighted by atomic mass is 16.4. The Morgan fingerprint density at radius 2 is 1.18 bits per heavy atom. The fraction of sp³-hybridized carbons (Fsp3) is 0.778. The van der Waals surface area contributed by atoms with Crippen molar-refractivity contribution in [2.45, 2.75) is 121 Å². The minimum Gasteiger partial charge on any atom is -0.481 e. The number of carboxylic acids is 4. The van der Waals surface area contributed by atoms with Crippen molar-refractivity contribution in [3.05, 3.63) is 12.2 Å². The van der Waals surface area contributed by atoms with E-state index in [1.807, 2.05) is 0 Å². The van der Waals surface area contributed by atoms with Gasteiger partial charge < -0.3 is 35.7 Å². The summed E-state index contributed by atoms with van der Waals surface area (Å²) in [5.41, 5.74) is -2.74. The second kappa shape index (κ2) is 23.6. The van der Waals surface area contributed by atoms with E-state index in [2.05, 4.69) is 19.1 Å². The Morgan fingerprint density at radius 1 is 0.737 bits per heavy atom. The van der Waals surface area contributed by atoms with Crippen molar-refractivity contribution in [2.24, 2.45) is 5.92 Å². The lowest BCUT2D eigenvalue weighted by Gasteiger charge is -2.18. The summed E-state index contributed by atoms with van der Waals surface area (Å²) >= 11 is 0. The van der Waals surface area contributed by atoms with Gasteiger partial charge in [-0.15, -0.1) is 0 Å². The van der Waals surface area contributed by atoms with Gasteiger partial charge >= 0.3 is 23.9 Å². The number of aliphatic hydroxyl groups excluding tert-OH is 2. The van der Waals surface area contributed by atoms with Crippen molar-refractivity contribution in [1.82, 2.24) is 0 Å². The summed E-state index contributed by atoms with van der Waals surface area (Å²) in [5, 5.41) is 61.1. The first kappa shape index (κ1) is 37.7. The van der Waals surface area contributed by atoms with E-state index >= 15 is 0 Å². The molecule has 2 atom stereocenters. The molecule has 0 spiro atoms. The van der Waals surface area contributed by atoms with Crippen molar-refractivity contribution in [1.29, 1.82) is 0 Å². The molecule has 0 fully saturated rings. The minimum absolute atomic E-state index is 0.146. The molecule has 0 bridgehead atoms. The molecule has 0 saturated heterocycles. The van der Waals surface area contributed by atoms with E-state index in [-0.39, 0.29) is 13.0 Å². The summed E-state index contributed by atoms with van der Waals surface area (Å²) in [4.78, 5) is 41.6. The van der Waals surface area contributed by atoms with E-state index in [4.69, 9.17) is 30.6 Å². The third-order valence-corrected chi connectivity index (χ3v) is 5.97. The standard InChI is InChI=1S/C21H40O4.C6H8O7/c1-2-3-4-5-6-7-8-9-10-11-12-13-14-15-16-19(21(24)25)17-20(23)18-22;7-3(8)1-6(13,5(11)12)2-4(9)10/h9-10,19-20,22-23H,2-8,11-18H2,1H3,(H,24,25);13H,1-2H2,(H,7,8)(H,9,10)(H,11,12)/b10-9-;. The smallest absolute Gasteiger partial charge is 0.336 e. The van der Waals surface area contributed by atoms with Crippen LogP contribution >= 0.6 is 0 Å². The molecule has 38 heavy (non-hydrogen) atoms. The van der Waals surface area contributed by atoms with Gasteiger partial charge in [0, 0.05) is 0 Å². The van der Waals surface area contributed by atoms with Gasteiger partial charge in [0.15, 0.2) is 5.60 Å². The van der Waals surface area contributed by atoms with Gasteiger partial charge in [-0.05, 0) is 38.5 Å². The predicted octanol–water partition coefficient (Wildman–Crippen LogP) is 3.83. The summed E-state index contributed by atoms with van der Waals surface area (Å²) in [7, 11) is 0. The number of hydrogen-bond donors (Lipinski definition) is 7. The van der Waals surface area contributed by atoms with Crippen LogP contribution in [-0.2, 0) is 19.2 Å². The lowest BCUT2D eigenvalue weighted by molar-refractivity contribution is -0.170. The molecule has 11 heteroatoms. The highest BCUT2D eigenvalue weighted by Crippen LogP contribution is 2.18. The number of unbranched alkanes of at least 4 members (excludes halogenated alkanes) is 10. The molecule has 0 aliphatic rings. The maximum Gasteiger partial charge on any atom is 0.336 e. The molecular formula is C27H48O11. The molecule has 7 N–H and O–H groups in total. The number of aliphatic carboxylic acids is 4. The molecule has 0 aromatic heterocycles. The van der Waals surface area contributed by atoms with E-state index in [0.29, 0.717) is 6.42 Å². The normalized spacial score (nSPS) is 12.9. The van der Waals surface area contributed by atoms with Gasteiger partial charge in [-0.3, -0.25) is 14.4 Å². The second-order valence-electron chi connectivity index (χ2n) is 9.60. The average Bonchev–Trinajstić information content (AvgIpc) is 2.82. The largest absolute Gasteiger partial charge is 0.481 e. The number of allylic oxidation sites excluding steroid dienone is 2. The molecule has 0 aliphatic heterocycles. The highest BCUT2D eigenvalue weighted by Gasteiger charge is 2.40. The van der Waals surface area contributed by atoms with Crippen LogP contribution in [0.2, 0.25) is 0 Å². The molecule has 0 radical (unpaired) electrons. The Kier molecular flexibility index (Phi) is 23.4. The van der Waals surface area contributed by atoms with E-state index < -0.39 is 54.3 Å². The molecule has 0 saturated carbocycles. The van der Waals surface area contributed by atoms with Crippen LogP contribution in [0.15, 0.2) is 12.2 Å². The highest BCUT2D eigenvalue weighted by molar-refractivity contribution is 5.88. The predicted molar refractivity (Wildman–Crippen MR) is 141 cm³/mol. The average molecular weight is 549 g/mol. The Morgan fingerprint density at radius 3 is 1.58 bits per heavy atom. The summed E-state index contributed by atoms with van der Waals surface area (Å²) < 4.78 is 0. The third kappa shape index (κ3) is 22.7. The van der Waals surface area contributed by atoms with Crippen molar-refractivity contribution in [2.75, 3.05) is 6.61 Å². The Labute approximate surface area is 225 Å². The topological polar surface area (TPSA) is 210 Å². The summed E-state index contributed by atoms with van der Waals surface area (Å²) in [5.74, 6) is -6.43. The van der Waals surface area contributed by atoms with Crippen LogP contribution in [0, 0.1) is 5.92 Å². The van der Waals surface area contributed by atoms with Gasteiger partial charge in [0.2, 0.25) is 0 Å². The summed E-state index contributed by atoms with van der Waals surface area (Å²) in [6, 6.07) is 0. The van der Waals surface area contributed by atoms with Crippen LogP contribution in [0.25, 0.3) is 0 Å². The number of hydrogen-bond acceptors (Lipinski definition) is 7. The second-order valence-corrected chi connectivity index (χ2v) is 9.60. The minimum atomic E-state index is -2.74. The first-order valence-corrected chi connectivity index (χ1v) is 13.5. The van der Waals surface area contributed by atoms with Crippen LogP contribution < -0.4 is 0 Å².